The van der Waals surface area contributed by atoms with E-state index in [1.165, 1.54) is 5.52 Å². The standard InChI is InChI=1S/C16H25N5O.HI/c1-4-22-12-10-19-16(17-3)18-9-11-21-13(2)20-14-7-5-6-8-15(14)21;/h5-8H,4,9-12H2,1-3H3,(H2,17,18,19);1H. The molecule has 128 valence electrons. The van der Waals surface area contributed by atoms with Crippen molar-refractivity contribution in [3.8, 4) is 0 Å². The molecule has 0 atom stereocenters. The van der Waals surface area contributed by atoms with Crippen molar-refractivity contribution >= 4 is 41.0 Å². The van der Waals surface area contributed by atoms with E-state index in [0.29, 0.717) is 6.61 Å². The number of fused-ring (bicyclic) bond motifs is 1. The molecule has 0 aliphatic carbocycles. The third-order valence-electron chi connectivity index (χ3n) is 3.44. The monoisotopic (exact) mass is 431 g/mol. The van der Waals surface area contributed by atoms with Crippen LogP contribution in [0, 0.1) is 6.92 Å². The second-order valence-corrected chi connectivity index (χ2v) is 4.92. The van der Waals surface area contributed by atoms with Crippen LogP contribution in [0.25, 0.3) is 11.0 Å². The number of aryl methyl sites for hydroxylation is 1. The van der Waals surface area contributed by atoms with Crippen LogP contribution < -0.4 is 10.6 Å². The lowest BCUT2D eigenvalue weighted by atomic mass is 10.3. The fraction of sp³-hybridized carbons (Fsp3) is 0.500. The number of hydrogen-bond donors (Lipinski definition) is 2. The summed E-state index contributed by atoms with van der Waals surface area (Å²) >= 11 is 0. The number of imidazole rings is 1. The van der Waals surface area contributed by atoms with Gasteiger partial charge >= 0.3 is 0 Å². The van der Waals surface area contributed by atoms with Crippen molar-refractivity contribution < 1.29 is 4.74 Å². The van der Waals surface area contributed by atoms with Crippen molar-refractivity contribution in [2.75, 3.05) is 33.4 Å². The van der Waals surface area contributed by atoms with Gasteiger partial charge in [0.2, 0.25) is 0 Å². The van der Waals surface area contributed by atoms with Crippen LogP contribution in [-0.4, -0.2) is 48.9 Å². The molecular formula is C16H26IN5O. The Kier molecular flexibility index (Phi) is 8.93. The van der Waals surface area contributed by atoms with Crippen LogP contribution in [-0.2, 0) is 11.3 Å². The first kappa shape index (κ1) is 19.7. The number of guanidine groups is 1. The second kappa shape index (κ2) is 10.4. The maximum Gasteiger partial charge on any atom is 0.191 e. The predicted octanol–water partition coefficient (Wildman–Crippen LogP) is 2.16. The van der Waals surface area contributed by atoms with Gasteiger partial charge < -0.3 is 19.9 Å². The van der Waals surface area contributed by atoms with Gasteiger partial charge in [-0.3, -0.25) is 4.99 Å². The lowest BCUT2D eigenvalue weighted by molar-refractivity contribution is 0.152. The second-order valence-electron chi connectivity index (χ2n) is 4.92. The van der Waals surface area contributed by atoms with Gasteiger partial charge in [-0.15, -0.1) is 24.0 Å². The van der Waals surface area contributed by atoms with Crippen LogP contribution in [0.4, 0.5) is 0 Å². The molecule has 1 heterocycles. The van der Waals surface area contributed by atoms with Gasteiger partial charge in [0.05, 0.1) is 17.6 Å². The topological polar surface area (TPSA) is 63.5 Å². The molecule has 2 N–H and O–H groups in total. The van der Waals surface area contributed by atoms with Crippen LogP contribution in [0.3, 0.4) is 0 Å². The van der Waals surface area contributed by atoms with Gasteiger partial charge in [-0.1, -0.05) is 12.1 Å². The molecule has 0 bridgehead atoms. The molecule has 0 aliphatic heterocycles. The lowest BCUT2D eigenvalue weighted by Crippen LogP contribution is -2.40. The van der Waals surface area contributed by atoms with Gasteiger partial charge in [0.1, 0.15) is 5.82 Å². The molecule has 0 saturated carbocycles. The summed E-state index contributed by atoms with van der Waals surface area (Å²) in [7, 11) is 1.77. The summed E-state index contributed by atoms with van der Waals surface area (Å²) in [6.45, 7) is 7.83. The van der Waals surface area contributed by atoms with E-state index in [1.807, 2.05) is 32.0 Å². The van der Waals surface area contributed by atoms with E-state index in [9.17, 15) is 0 Å². The molecule has 0 radical (unpaired) electrons. The molecular weight excluding hydrogens is 405 g/mol. The zero-order chi connectivity index (χ0) is 15.8. The Balaban J connectivity index is 0.00000264. The largest absolute Gasteiger partial charge is 0.380 e. The van der Waals surface area contributed by atoms with Gasteiger partial charge in [-0.25, -0.2) is 4.98 Å². The molecule has 1 aromatic carbocycles. The predicted molar refractivity (Wildman–Crippen MR) is 106 cm³/mol. The quantitative estimate of drug-likeness (QED) is 0.305. The highest BCUT2D eigenvalue weighted by molar-refractivity contribution is 14.0. The Hall–Kier alpha value is -1.35. The maximum atomic E-state index is 5.30. The summed E-state index contributed by atoms with van der Waals surface area (Å²) in [6, 6.07) is 8.20. The number of hydrogen-bond acceptors (Lipinski definition) is 3. The fourth-order valence-electron chi connectivity index (χ4n) is 2.37. The summed E-state index contributed by atoms with van der Waals surface area (Å²) in [4.78, 5) is 8.78. The zero-order valence-electron chi connectivity index (χ0n) is 14.0. The number of rotatable bonds is 7. The summed E-state index contributed by atoms with van der Waals surface area (Å²) in [5.74, 6) is 1.82. The van der Waals surface area contributed by atoms with Gasteiger partial charge in [0, 0.05) is 33.3 Å². The molecule has 1 aromatic heterocycles. The normalized spacial score (nSPS) is 11.3. The van der Waals surface area contributed by atoms with Crippen LogP contribution in [0.1, 0.15) is 12.7 Å². The number of benzene rings is 1. The minimum Gasteiger partial charge on any atom is -0.380 e. The molecule has 0 fully saturated rings. The first-order chi connectivity index (χ1) is 10.8. The first-order valence-electron chi connectivity index (χ1n) is 7.70. The van der Waals surface area contributed by atoms with E-state index in [1.54, 1.807) is 7.05 Å². The van der Waals surface area contributed by atoms with E-state index >= 15 is 0 Å². The Labute approximate surface area is 154 Å². The van der Waals surface area contributed by atoms with Gasteiger partial charge in [0.15, 0.2) is 5.96 Å². The van der Waals surface area contributed by atoms with E-state index in [0.717, 1.165) is 43.5 Å². The van der Waals surface area contributed by atoms with Crippen molar-refractivity contribution in [1.29, 1.82) is 0 Å². The van der Waals surface area contributed by atoms with Crippen molar-refractivity contribution in [3.63, 3.8) is 0 Å². The number of nitrogens with zero attached hydrogens (tertiary/aromatic N) is 3. The molecule has 0 saturated heterocycles. The van der Waals surface area contributed by atoms with E-state index in [4.69, 9.17) is 4.74 Å². The molecule has 0 amide bonds. The van der Waals surface area contributed by atoms with E-state index in [2.05, 4.69) is 31.2 Å². The van der Waals surface area contributed by atoms with E-state index in [-0.39, 0.29) is 24.0 Å². The molecule has 2 aromatic rings. The van der Waals surface area contributed by atoms with Gasteiger partial charge in [0.25, 0.3) is 0 Å². The summed E-state index contributed by atoms with van der Waals surface area (Å²) in [5, 5.41) is 6.54. The molecule has 6 nitrogen and oxygen atoms in total. The number of aliphatic imine (C=N–C) groups is 1. The summed E-state index contributed by atoms with van der Waals surface area (Å²) < 4.78 is 7.52. The molecule has 7 heteroatoms. The molecule has 23 heavy (non-hydrogen) atoms. The van der Waals surface area contributed by atoms with Crippen molar-refractivity contribution in [2.24, 2.45) is 4.99 Å². The highest BCUT2D eigenvalue weighted by atomic mass is 127. The summed E-state index contributed by atoms with van der Waals surface area (Å²) in [5.41, 5.74) is 2.21. The molecule has 0 spiro atoms. The molecule has 0 aliphatic rings. The number of aromatic nitrogens is 2. The first-order valence-corrected chi connectivity index (χ1v) is 7.70. The van der Waals surface area contributed by atoms with E-state index < -0.39 is 0 Å². The summed E-state index contributed by atoms with van der Waals surface area (Å²) in [6.07, 6.45) is 0. The highest BCUT2D eigenvalue weighted by Gasteiger charge is 2.06. The average molecular weight is 431 g/mol. The third kappa shape index (κ3) is 5.65. The van der Waals surface area contributed by atoms with Crippen molar-refractivity contribution in [2.45, 2.75) is 20.4 Å². The van der Waals surface area contributed by atoms with Crippen molar-refractivity contribution in [3.05, 3.63) is 30.1 Å². The highest BCUT2D eigenvalue weighted by Crippen LogP contribution is 2.14. The zero-order valence-corrected chi connectivity index (χ0v) is 16.3. The minimum absolute atomic E-state index is 0. The van der Waals surface area contributed by atoms with Crippen LogP contribution in [0.2, 0.25) is 0 Å². The van der Waals surface area contributed by atoms with Crippen LogP contribution >= 0.6 is 24.0 Å². The number of para-hydroxylation sites is 2. The Morgan fingerprint density at radius 1 is 1.26 bits per heavy atom. The lowest BCUT2D eigenvalue weighted by Gasteiger charge is -2.13. The minimum atomic E-state index is 0. The fourth-order valence-corrected chi connectivity index (χ4v) is 2.37. The maximum absolute atomic E-state index is 5.30. The van der Waals surface area contributed by atoms with Gasteiger partial charge in [-0.05, 0) is 26.0 Å². The Morgan fingerprint density at radius 3 is 2.74 bits per heavy atom. The number of halogens is 1. The van der Waals surface area contributed by atoms with Crippen LogP contribution in [0.15, 0.2) is 29.3 Å². The molecule has 0 unspecified atom stereocenters. The Morgan fingerprint density at radius 2 is 2.00 bits per heavy atom. The third-order valence-corrected chi connectivity index (χ3v) is 3.44. The van der Waals surface area contributed by atoms with Crippen molar-refractivity contribution in [1.82, 2.24) is 20.2 Å². The Bertz CT molecular complexity index is 626. The number of nitrogens with one attached hydrogen (secondary N) is 2. The van der Waals surface area contributed by atoms with Gasteiger partial charge in [-0.2, -0.15) is 0 Å². The van der Waals surface area contributed by atoms with Crippen LogP contribution in [0.5, 0.6) is 0 Å². The number of ether oxygens (including phenoxy) is 1. The smallest absolute Gasteiger partial charge is 0.191 e. The molecule has 2 rings (SSSR count). The average Bonchev–Trinajstić information content (AvgIpc) is 2.85. The SMILES string of the molecule is CCOCCNC(=NC)NCCn1c(C)nc2ccccc21.I.